The molecule has 1 aliphatic rings. The van der Waals surface area contributed by atoms with Gasteiger partial charge in [0.25, 0.3) is 0 Å². The SMILES string of the molecule is CCOc1cc([C@H](C(=O)NC[C@H]2CCCO2)N(CCc2ccccc2C)C(=O)Cn2nnc3ccccc32)ccc1O. The Labute approximate surface area is 245 Å². The third-order valence-electron chi connectivity index (χ3n) is 7.60. The molecule has 10 heteroatoms. The number of hydrogen-bond acceptors (Lipinski definition) is 7. The first kappa shape index (κ1) is 29.1. The zero-order valence-corrected chi connectivity index (χ0v) is 24.0. The molecule has 3 aromatic carbocycles. The van der Waals surface area contributed by atoms with E-state index in [0.29, 0.717) is 37.3 Å². The van der Waals surface area contributed by atoms with Crippen LogP contribution in [-0.4, -0.2) is 69.2 Å². The molecule has 0 bridgehead atoms. The molecule has 4 aromatic rings. The van der Waals surface area contributed by atoms with Crippen LogP contribution in [0.4, 0.5) is 0 Å². The molecule has 1 aliphatic heterocycles. The van der Waals surface area contributed by atoms with E-state index < -0.39 is 6.04 Å². The van der Waals surface area contributed by atoms with Crippen LogP contribution < -0.4 is 10.1 Å². The maximum atomic E-state index is 14.2. The minimum Gasteiger partial charge on any atom is -0.504 e. The van der Waals surface area contributed by atoms with Crippen molar-refractivity contribution in [2.75, 3.05) is 26.3 Å². The summed E-state index contributed by atoms with van der Waals surface area (Å²) in [6.07, 6.45) is 2.30. The molecule has 10 nitrogen and oxygen atoms in total. The normalized spacial score (nSPS) is 15.4. The van der Waals surface area contributed by atoms with Gasteiger partial charge in [-0.1, -0.05) is 47.7 Å². The van der Waals surface area contributed by atoms with Crippen LogP contribution >= 0.6 is 0 Å². The number of ether oxygens (including phenoxy) is 2. The second-order valence-corrected chi connectivity index (χ2v) is 10.4. The molecule has 1 aromatic heterocycles. The quantitative estimate of drug-likeness (QED) is 0.264. The lowest BCUT2D eigenvalue weighted by atomic mass is 10.0. The number of aromatic nitrogens is 3. The number of carbonyl (C=O) groups excluding carboxylic acids is 2. The van der Waals surface area contributed by atoms with Gasteiger partial charge >= 0.3 is 0 Å². The van der Waals surface area contributed by atoms with E-state index in [1.807, 2.05) is 62.4 Å². The van der Waals surface area contributed by atoms with E-state index in [4.69, 9.17) is 9.47 Å². The van der Waals surface area contributed by atoms with Crippen molar-refractivity contribution >= 4 is 22.8 Å². The smallest absolute Gasteiger partial charge is 0.247 e. The van der Waals surface area contributed by atoms with Crippen molar-refractivity contribution in [2.24, 2.45) is 0 Å². The lowest BCUT2D eigenvalue weighted by molar-refractivity contribution is -0.141. The van der Waals surface area contributed by atoms with E-state index in [1.54, 1.807) is 21.7 Å². The highest BCUT2D eigenvalue weighted by molar-refractivity contribution is 5.89. The number of phenolic OH excluding ortho intramolecular Hbond substituents is 1. The van der Waals surface area contributed by atoms with E-state index in [1.165, 1.54) is 6.07 Å². The molecular weight excluding hydrogens is 534 g/mol. The van der Waals surface area contributed by atoms with Crippen LogP contribution in [0.25, 0.3) is 11.0 Å². The molecular formula is C32H37N5O5. The third-order valence-corrected chi connectivity index (χ3v) is 7.60. The van der Waals surface area contributed by atoms with Crippen LogP contribution in [0, 0.1) is 6.92 Å². The first-order valence-corrected chi connectivity index (χ1v) is 14.4. The number of aromatic hydroxyl groups is 1. The van der Waals surface area contributed by atoms with Crippen molar-refractivity contribution in [1.29, 1.82) is 0 Å². The van der Waals surface area contributed by atoms with Crippen molar-refractivity contribution in [2.45, 2.75) is 51.8 Å². The number of benzene rings is 3. The summed E-state index contributed by atoms with van der Waals surface area (Å²) < 4.78 is 12.9. The Morgan fingerprint density at radius 2 is 1.98 bits per heavy atom. The number of fused-ring (bicyclic) bond motifs is 1. The molecule has 0 aliphatic carbocycles. The number of hydrogen-bond donors (Lipinski definition) is 2. The topological polar surface area (TPSA) is 119 Å². The molecule has 2 atom stereocenters. The van der Waals surface area contributed by atoms with E-state index in [0.717, 1.165) is 29.5 Å². The molecule has 0 saturated carbocycles. The van der Waals surface area contributed by atoms with E-state index >= 15 is 0 Å². The van der Waals surface area contributed by atoms with Gasteiger partial charge in [-0.25, -0.2) is 4.68 Å². The Hall–Kier alpha value is -4.44. The van der Waals surface area contributed by atoms with E-state index in [2.05, 4.69) is 15.6 Å². The molecule has 0 unspecified atom stereocenters. The largest absolute Gasteiger partial charge is 0.504 e. The van der Waals surface area contributed by atoms with Gasteiger partial charge in [0.05, 0.1) is 18.2 Å². The van der Waals surface area contributed by atoms with Gasteiger partial charge in [0.2, 0.25) is 11.8 Å². The molecule has 1 saturated heterocycles. The number of rotatable bonds is 12. The summed E-state index contributed by atoms with van der Waals surface area (Å²) >= 11 is 0. The standard InChI is InChI=1S/C32H37N5O5/c1-3-41-29-19-24(14-15-28(29)38)31(32(40)33-20-25-11-8-18-42-25)36(17-16-23-10-5-4-9-22(23)2)30(39)21-37-27-13-7-6-12-26(27)34-35-37/h4-7,9-10,12-15,19,25,31,38H,3,8,11,16-18,20-21H2,1-2H3,(H,33,40)/t25-,31-/m1/s1. The lowest BCUT2D eigenvalue weighted by Gasteiger charge is -2.32. The van der Waals surface area contributed by atoms with Crippen LogP contribution in [0.1, 0.15) is 42.5 Å². The predicted octanol–water partition coefficient (Wildman–Crippen LogP) is 3.95. The molecule has 2 amide bonds. The van der Waals surface area contributed by atoms with Crippen molar-refractivity contribution in [3.8, 4) is 11.5 Å². The minimum atomic E-state index is -0.988. The Morgan fingerprint density at radius 3 is 2.76 bits per heavy atom. The average molecular weight is 572 g/mol. The molecule has 0 radical (unpaired) electrons. The van der Waals surface area contributed by atoms with Gasteiger partial charge < -0.3 is 24.8 Å². The summed E-state index contributed by atoms with van der Waals surface area (Å²) in [5, 5.41) is 21.8. The van der Waals surface area contributed by atoms with Gasteiger partial charge in [0.1, 0.15) is 18.1 Å². The fourth-order valence-electron chi connectivity index (χ4n) is 5.34. The first-order chi connectivity index (χ1) is 20.4. The monoisotopic (exact) mass is 571 g/mol. The van der Waals surface area contributed by atoms with Gasteiger partial charge in [-0.3, -0.25) is 9.59 Å². The number of nitrogens with one attached hydrogen (secondary N) is 1. The number of carbonyl (C=O) groups is 2. The van der Waals surface area contributed by atoms with Crippen LogP contribution in [0.3, 0.4) is 0 Å². The van der Waals surface area contributed by atoms with Gasteiger partial charge in [0, 0.05) is 19.7 Å². The Kier molecular flexibility index (Phi) is 9.33. The molecule has 1 fully saturated rings. The summed E-state index contributed by atoms with van der Waals surface area (Å²) in [7, 11) is 0. The highest BCUT2D eigenvalue weighted by Crippen LogP contribution is 2.32. The van der Waals surface area contributed by atoms with Gasteiger partial charge in [-0.05, 0) is 74.1 Å². The predicted molar refractivity (Wildman–Crippen MR) is 158 cm³/mol. The summed E-state index contributed by atoms with van der Waals surface area (Å²) in [5.41, 5.74) is 4.13. The second kappa shape index (κ2) is 13.5. The number of amides is 2. The summed E-state index contributed by atoms with van der Waals surface area (Å²) in [4.78, 5) is 29.8. The highest BCUT2D eigenvalue weighted by atomic mass is 16.5. The number of phenols is 1. The number of para-hydroxylation sites is 1. The lowest BCUT2D eigenvalue weighted by Crippen LogP contribution is -2.47. The molecule has 2 heterocycles. The Morgan fingerprint density at radius 1 is 1.17 bits per heavy atom. The maximum Gasteiger partial charge on any atom is 0.247 e. The maximum absolute atomic E-state index is 14.2. The van der Waals surface area contributed by atoms with Crippen LogP contribution in [-0.2, 0) is 27.3 Å². The molecule has 5 rings (SSSR count). The molecule has 42 heavy (non-hydrogen) atoms. The number of nitrogens with zero attached hydrogens (tertiary/aromatic N) is 4. The fourth-order valence-corrected chi connectivity index (χ4v) is 5.34. The summed E-state index contributed by atoms with van der Waals surface area (Å²) in [6.45, 7) is 5.38. The van der Waals surface area contributed by atoms with Gasteiger partial charge in [-0.2, -0.15) is 0 Å². The first-order valence-electron chi connectivity index (χ1n) is 14.4. The highest BCUT2D eigenvalue weighted by Gasteiger charge is 2.33. The molecule has 2 N–H and O–H groups in total. The number of aryl methyl sites for hydroxylation is 1. The summed E-state index contributed by atoms with van der Waals surface area (Å²) in [5.74, 6) is -0.408. The van der Waals surface area contributed by atoms with Gasteiger partial charge in [0.15, 0.2) is 11.5 Å². The van der Waals surface area contributed by atoms with E-state index in [9.17, 15) is 14.7 Å². The van der Waals surface area contributed by atoms with Crippen molar-refractivity contribution in [3.63, 3.8) is 0 Å². The van der Waals surface area contributed by atoms with Crippen molar-refractivity contribution in [3.05, 3.63) is 83.4 Å². The molecule has 0 spiro atoms. The van der Waals surface area contributed by atoms with Crippen molar-refractivity contribution in [1.82, 2.24) is 25.2 Å². The van der Waals surface area contributed by atoms with E-state index in [-0.39, 0.29) is 42.5 Å². The Balaban J connectivity index is 1.51. The minimum absolute atomic E-state index is 0.0361. The van der Waals surface area contributed by atoms with Crippen LogP contribution in [0.2, 0.25) is 0 Å². The zero-order valence-electron chi connectivity index (χ0n) is 24.0. The fraction of sp³-hybridized carbons (Fsp3) is 0.375. The van der Waals surface area contributed by atoms with Crippen LogP contribution in [0.5, 0.6) is 11.5 Å². The molecule has 220 valence electrons. The summed E-state index contributed by atoms with van der Waals surface area (Å²) in [6, 6.07) is 19.2. The van der Waals surface area contributed by atoms with Crippen molar-refractivity contribution < 1.29 is 24.2 Å². The Bertz CT molecular complexity index is 1530. The van der Waals surface area contributed by atoms with Crippen LogP contribution in [0.15, 0.2) is 66.7 Å². The van der Waals surface area contributed by atoms with Gasteiger partial charge in [-0.15, -0.1) is 5.10 Å². The zero-order chi connectivity index (χ0) is 29.5. The third kappa shape index (κ3) is 6.71. The average Bonchev–Trinajstić information content (AvgIpc) is 3.67. The second-order valence-electron chi connectivity index (χ2n) is 10.4.